The lowest BCUT2D eigenvalue weighted by Gasteiger charge is -2.10. The van der Waals surface area contributed by atoms with Crippen molar-refractivity contribution in [1.29, 1.82) is 0 Å². The minimum atomic E-state index is -0.155. The number of fused-ring (bicyclic) bond motifs is 1. The number of hydrogen-bond donors (Lipinski definition) is 1. The van der Waals surface area contributed by atoms with Crippen LogP contribution < -0.4 is 15.6 Å². The number of aryl methyl sites for hydroxylation is 2. The number of aromatic nitrogens is 2. The summed E-state index contributed by atoms with van der Waals surface area (Å²) in [5, 5.41) is 2.88. The Bertz CT molecular complexity index is 1280. The largest absolute Gasteiger partial charge is 0.487 e. The zero-order valence-electron chi connectivity index (χ0n) is 16.8. The van der Waals surface area contributed by atoms with Crippen molar-refractivity contribution in [3.05, 3.63) is 106 Å². The minimum absolute atomic E-state index is 0.145. The summed E-state index contributed by atoms with van der Waals surface area (Å²) in [5.41, 5.74) is 4.27. The van der Waals surface area contributed by atoms with Crippen LogP contribution in [0, 0.1) is 13.8 Å². The van der Waals surface area contributed by atoms with E-state index in [1.54, 1.807) is 36.5 Å². The molecular formula is C24H21N3O3. The Balaban J connectivity index is 1.43. The number of pyridine rings is 1. The average molecular weight is 399 g/mol. The molecule has 0 radical (unpaired) electrons. The molecule has 0 aliphatic carbocycles. The van der Waals surface area contributed by atoms with Gasteiger partial charge in [0, 0.05) is 23.5 Å². The predicted octanol–water partition coefficient (Wildman–Crippen LogP) is 4.14. The van der Waals surface area contributed by atoms with Crippen molar-refractivity contribution in [3.63, 3.8) is 0 Å². The van der Waals surface area contributed by atoms with Crippen molar-refractivity contribution < 1.29 is 9.53 Å². The molecule has 0 atom stereocenters. The number of amides is 1. The van der Waals surface area contributed by atoms with Gasteiger partial charge in [0.25, 0.3) is 11.5 Å². The van der Waals surface area contributed by atoms with Crippen molar-refractivity contribution in [2.75, 3.05) is 5.32 Å². The molecule has 0 bridgehead atoms. The van der Waals surface area contributed by atoms with Gasteiger partial charge < -0.3 is 10.1 Å². The van der Waals surface area contributed by atoms with E-state index >= 15 is 0 Å². The molecule has 0 aliphatic rings. The molecule has 0 saturated heterocycles. The lowest BCUT2D eigenvalue weighted by molar-refractivity contribution is 0.102. The van der Waals surface area contributed by atoms with Crippen LogP contribution in [0.2, 0.25) is 0 Å². The van der Waals surface area contributed by atoms with Crippen LogP contribution in [0.5, 0.6) is 5.75 Å². The van der Waals surface area contributed by atoms with Crippen LogP contribution in [-0.2, 0) is 6.61 Å². The molecule has 2 heterocycles. The van der Waals surface area contributed by atoms with Crippen LogP contribution in [0.25, 0.3) is 5.65 Å². The van der Waals surface area contributed by atoms with Crippen LogP contribution >= 0.6 is 0 Å². The molecule has 2 aromatic carbocycles. The first kappa shape index (κ1) is 19.4. The molecule has 1 N–H and O–H groups in total. The second-order valence-electron chi connectivity index (χ2n) is 7.10. The summed E-state index contributed by atoms with van der Waals surface area (Å²) < 4.78 is 7.27. The second-order valence-corrected chi connectivity index (χ2v) is 7.10. The molecule has 2 aromatic heterocycles. The van der Waals surface area contributed by atoms with Crippen LogP contribution in [-0.4, -0.2) is 15.3 Å². The number of rotatable bonds is 5. The Labute approximate surface area is 173 Å². The fourth-order valence-electron chi connectivity index (χ4n) is 3.15. The standard InChI is InChI=1S/C24H21N3O3/c1-16-11-12-27-22(13-16)25-19(14-23(27)28)15-30-20-9-7-18(8-10-20)26-24(29)21-6-4-3-5-17(21)2/h3-14H,15H2,1-2H3,(H,26,29). The van der Waals surface area contributed by atoms with Gasteiger partial charge in [-0.3, -0.25) is 14.0 Å². The number of nitrogens with zero attached hydrogens (tertiary/aromatic N) is 2. The summed E-state index contributed by atoms with van der Waals surface area (Å²) >= 11 is 0. The summed E-state index contributed by atoms with van der Waals surface area (Å²) in [6.07, 6.45) is 1.72. The molecule has 0 unspecified atom stereocenters. The quantitative estimate of drug-likeness (QED) is 0.547. The number of anilines is 1. The molecule has 0 aliphatic heterocycles. The third-order valence-electron chi connectivity index (χ3n) is 4.76. The average Bonchev–Trinajstić information content (AvgIpc) is 2.73. The molecule has 1 amide bonds. The zero-order chi connectivity index (χ0) is 21.1. The Kier molecular flexibility index (Phi) is 5.30. The monoisotopic (exact) mass is 399 g/mol. The Morgan fingerprint density at radius 3 is 2.57 bits per heavy atom. The maximum Gasteiger partial charge on any atom is 0.258 e. The van der Waals surface area contributed by atoms with Crippen molar-refractivity contribution in [3.8, 4) is 5.75 Å². The van der Waals surface area contributed by atoms with Gasteiger partial charge in [-0.15, -0.1) is 0 Å². The second kappa shape index (κ2) is 8.21. The van der Waals surface area contributed by atoms with Crippen LogP contribution in [0.1, 0.15) is 27.2 Å². The van der Waals surface area contributed by atoms with E-state index in [0.717, 1.165) is 11.1 Å². The Hall–Kier alpha value is -3.93. The first-order chi connectivity index (χ1) is 14.5. The van der Waals surface area contributed by atoms with Crippen molar-refractivity contribution in [2.45, 2.75) is 20.5 Å². The van der Waals surface area contributed by atoms with E-state index in [1.807, 2.05) is 44.2 Å². The third kappa shape index (κ3) is 4.22. The summed E-state index contributed by atoms with van der Waals surface area (Å²) in [7, 11) is 0. The maximum atomic E-state index is 12.4. The number of hydrogen-bond acceptors (Lipinski definition) is 4. The van der Waals surface area contributed by atoms with Crippen LogP contribution in [0.4, 0.5) is 5.69 Å². The molecule has 4 rings (SSSR count). The van der Waals surface area contributed by atoms with Crippen LogP contribution in [0.3, 0.4) is 0 Å². The third-order valence-corrected chi connectivity index (χ3v) is 4.76. The fourth-order valence-corrected chi connectivity index (χ4v) is 3.15. The van der Waals surface area contributed by atoms with E-state index in [-0.39, 0.29) is 18.1 Å². The molecule has 150 valence electrons. The lowest BCUT2D eigenvalue weighted by atomic mass is 10.1. The van der Waals surface area contributed by atoms with Crippen molar-refractivity contribution >= 4 is 17.2 Å². The molecule has 0 saturated carbocycles. The summed E-state index contributed by atoms with van der Waals surface area (Å²) in [5.74, 6) is 0.466. The molecule has 6 heteroatoms. The van der Waals surface area contributed by atoms with Gasteiger partial charge >= 0.3 is 0 Å². The van der Waals surface area contributed by atoms with E-state index in [1.165, 1.54) is 10.5 Å². The minimum Gasteiger partial charge on any atom is -0.487 e. The van der Waals surface area contributed by atoms with Gasteiger partial charge in [-0.1, -0.05) is 18.2 Å². The van der Waals surface area contributed by atoms with Gasteiger partial charge in [0.15, 0.2) is 0 Å². The first-order valence-electron chi connectivity index (χ1n) is 9.58. The van der Waals surface area contributed by atoms with E-state index in [9.17, 15) is 9.59 Å². The van der Waals surface area contributed by atoms with Gasteiger partial charge in [0.05, 0.1) is 5.69 Å². The summed E-state index contributed by atoms with van der Waals surface area (Å²) in [4.78, 5) is 29.1. The highest BCUT2D eigenvalue weighted by molar-refractivity contribution is 6.05. The van der Waals surface area contributed by atoms with Crippen molar-refractivity contribution in [1.82, 2.24) is 9.38 Å². The summed E-state index contributed by atoms with van der Waals surface area (Å²) in [6.45, 7) is 4.03. The van der Waals surface area contributed by atoms with Crippen LogP contribution in [0.15, 0.2) is 77.7 Å². The highest BCUT2D eigenvalue weighted by Crippen LogP contribution is 2.18. The lowest BCUT2D eigenvalue weighted by Crippen LogP contribution is -2.16. The predicted molar refractivity (Wildman–Crippen MR) is 116 cm³/mol. The number of nitrogens with one attached hydrogen (secondary N) is 1. The van der Waals surface area contributed by atoms with E-state index in [2.05, 4.69) is 10.3 Å². The van der Waals surface area contributed by atoms with E-state index in [0.29, 0.717) is 28.3 Å². The molecule has 0 fully saturated rings. The Morgan fingerprint density at radius 2 is 1.80 bits per heavy atom. The van der Waals surface area contributed by atoms with E-state index in [4.69, 9.17) is 4.74 Å². The smallest absolute Gasteiger partial charge is 0.258 e. The normalized spacial score (nSPS) is 10.7. The fraction of sp³-hybridized carbons (Fsp3) is 0.125. The van der Waals surface area contributed by atoms with Gasteiger partial charge in [-0.2, -0.15) is 0 Å². The molecule has 6 nitrogen and oxygen atoms in total. The first-order valence-corrected chi connectivity index (χ1v) is 9.58. The number of benzene rings is 2. The molecule has 30 heavy (non-hydrogen) atoms. The van der Waals surface area contributed by atoms with Gasteiger partial charge in [0.2, 0.25) is 0 Å². The van der Waals surface area contributed by atoms with Gasteiger partial charge in [0.1, 0.15) is 18.0 Å². The topological polar surface area (TPSA) is 72.7 Å². The molecule has 4 aromatic rings. The van der Waals surface area contributed by atoms with Crippen molar-refractivity contribution in [2.24, 2.45) is 0 Å². The number of carbonyl (C=O) groups excluding carboxylic acids is 1. The Morgan fingerprint density at radius 1 is 1.03 bits per heavy atom. The SMILES string of the molecule is Cc1ccn2c(=O)cc(COc3ccc(NC(=O)c4ccccc4C)cc3)nc2c1. The van der Waals surface area contributed by atoms with Gasteiger partial charge in [-0.05, 0) is 67.4 Å². The zero-order valence-corrected chi connectivity index (χ0v) is 16.8. The highest BCUT2D eigenvalue weighted by Gasteiger charge is 2.09. The van der Waals surface area contributed by atoms with Gasteiger partial charge in [-0.25, -0.2) is 4.98 Å². The highest BCUT2D eigenvalue weighted by atomic mass is 16.5. The summed E-state index contributed by atoms with van der Waals surface area (Å²) in [6, 6.07) is 19.7. The molecule has 0 spiro atoms. The number of carbonyl (C=O) groups is 1. The van der Waals surface area contributed by atoms with E-state index < -0.39 is 0 Å². The molecular weight excluding hydrogens is 378 g/mol. The maximum absolute atomic E-state index is 12.4. The number of ether oxygens (including phenoxy) is 1.